The second-order valence-corrected chi connectivity index (χ2v) is 8.94. The molecule has 3 heterocycles. The molecule has 31 heavy (non-hydrogen) atoms. The van der Waals surface area contributed by atoms with E-state index >= 15 is 0 Å². The fourth-order valence-corrected chi connectivity index (χ4v) is 4.32. The summed E-state index contributed by atoms with van der Waals surface area (Å²) in [6.07, 6.45) is 4.98. The Hall–Kier alpha value is -2.69. The lowest BCUT2D eigenvalue weighted by molar-refractivity contribution is 0.0972. The van der Waals surface area contributed by atoms with E-state index in [4.69, 9.17) is 20.9 Å². The molecule has 1 aliphatic rings. The molecular formula is C20H20ClN7O2S. The number of hydrogen-bond donors (Lipinski definition) is 1. The number of rotatable bonds is 8. The van der Waals surface area contributed by atoms with Gasteiger partial charge in [-0.3, -0.25) is 9.29 Å². The number of para-hydroxylation sites is 1. The molecule has 160 valence electrons. The molecule has 0 saturated heterocycles. The standard InChI is InChI=1S/C20H20ClN7O2S/c1-11(17(29-2)18-22-9-12(21)10-23-18)31-27-20-25-24-19(28(20)13-7-8-13)16-14-5-3-4-6-15(14)30-26-16/h3-6,9-11,13,17H,7-8H2,1-2H3,(H,25,27). The van der Waals surface area contributed by atoms with Crippen molar-refractivity contribution in [2.24, 2.45) is 0 Å². The van der Waals surface area contributed by atoms with Crippen molar-refractivity contribution in [1.29, 1.82) is 0 Å². The molecule has 0 radical (unpaired) electrons. The number of fused-ring (bicyclic) bond motifs is 1. The molecule has 0 aliphatic heterocycles. The topological polar surface area (TPSA) is 104 Å². The smallest absolute Gasteiger partial charge is 0.235 e. The maximum absolute atomic E-state index is 5.90. The lowest BCUT2D eigenvalue weighted by Crippen LogP contribution is -2.19. The van der Waals surface area contributed by atoms with Gasteiger partial charge in [-0.15, -0.1) is 10.2 Å². The number of benzene rings is 1. The Morgan fingerprint density at radius 3 is 2.74 bits per heavy atom. The monoisotopic (exact) mass is 457 g/mol. The Kier molecular flexibility index (Phi) is 5.51. The number of nitrogens with zero attached hydrogens (tertiary/aromatic N) is 6. The minimum Gasteiger partial charge on any atom is -0.372 e. The van der Waals surface area contributed by atoms with Gasteiger partial charge in [-0.05, 0) is 43.8 Å². The average molecular weight is 458 g/mol. The zero-order chi connectivity index (χ0) is 21.4. The van der Waals surface area contributed by atoms with E-state index in [9.17, 15) is 0 Å². The minimum absolute atomic E-state index is 0.00754. The minimum atomic E-state index is -0.314. The van der Waals surface area contributed by atoms with Crippen LogP contribution in [-0.2, 0) is 4.74 Å². The summed E-state index contributed by atoms with van der Waals surface area (Å²) in [4.78, 5) is 8.57. The normalized spacial score (nSPS) is 15.8. The van der Waals surface area contributed by atoms with Gasteiger partial charge >= 0.3 is 0 Å². The molecule has 0 bridgehead atoms. The van der Waals surface area contributed by atoms with Crippen molar-refractivity contribution in [3.8, 4) is 11.5 Å². The van der Waals surface area contributed by atoms with E-state index in [1.807, 2.05) is 31.2 Å². The van der Waals surface area contributed by atoms with Crippen molar-refractivity contribution >= 4 is 40.5 Å². The third kappa shape index (κ3) is 3.98. The van der Waals surface area contributed by atoms with Gasteiger partial charge in [-0.2, -0.15) is 0 Å². The third-order valence-corrected chi connectivity index (χ3v) is 6.22. The highest BCUT2D eigenvalue weighted by molar-refractivity contribution is 8.01. The van der Waals surface area contributed by atoms with Crippen LogP contribution in [0.25, 0.3) is 22.5 Å². The van der Waals surface area contributed by atoms with Crippen LogP contribution in [0.1, 0.15) is 37.7 Å². The van der Waals surface area contributed by atoms with Crippen LogP contribution >= 0.6 is 23.5 Å². The summed E-state index contributed by atoms with van der Waals surface area (Å²) in [5, 5.41) is 14.5. The first-order chi connectivity index (χ1) is 15.2. The summed E-state index contributed by atoms with van der Waals surface area (Å²) in [6.45, 7) is 2.04. The van der Waals surface area contributed by atoms with Crippen LogP contribution in [-0.4, -0.2) is 42.2 Å². The van der Waals surface area contributed by atoms with E-state index in [0.29, 0.717) is 34.4 Å². The van der Waals surface area contributed by atoms with Crippen molar-refractivity contribution in [1.82, 2.24) is 29.9 Å². The van der Waals surface area contributed by atoms with Crippen LogP contribution in [0.2, 0.25) is 5.02 Å². The maximum atomic E-state index is 5.90. The average Bonchev–Trinajstić information content (AvgIpc) is 3.40. The zero-order valence-electron chi connectivity index (χ0n) is 16.9. The van der Waals surface area contributed by atoms with Gasteiger partial charge < -0.3 is 9.26 Å². The summed E-state index contributed by atoms with van der Waals surface area (Å²) in [6, 6.07) is 8.10. The predicted molar refractivity (Wildman–Crippen MR) is 119 cm³/mol. The number of aromatic nitrogens is 6. The van der Waals surface area contributed by atoms with Gasteiger partial charge in [0, 0.05) is 25.5 Å². The molecule has 5 rings (SSSR count). The zero-order valence-corrected chi connectivity index (χ0v) is 18.5. The molecule has 1 N–H and O–H groups in total. The molecule has 3 aromatic heterocycles. The summed E-state index contributed by atoms with van der Waals surface area (Å²) in [7, 11) is 1.64. The number of hydrogen-bond acceptors (Lipinski definition) is 9. The second kappa shape index (κ2) is 8.45. The highest BCUT2D eigenvalue weighted by Crippen LogP contribution is 2.42. The van der Waals surface area contributed by atoms with Crippen LogP contribution < -0.4 is 4.72 Å². The van der Waals surface area contributed by atoms with E-state index in [-0.39, 0.29) is 11.4 Å². The molecule has 2 atom stereocenters. The van der Waals surface area contributed by atoms with E-state index in [0.717, 1.165) is 23.8 Å². The molecule has 1 aromatic carbocycles. The lowest BCUT2D eigenvalue weighted by atomic mass is 10.2. The van der Waals surface area contributed by atoms with Crippen LogP contribution in [0.15, 0.2) is 41.2 Å². The second-order valence-electron chi connectivity index (χ2n) is 7.32. The summed E-state index contributed by atoms with van der Waals surface area (Å²) >= 11 is 7.38. The largest absolute Gasteiger partial charge is 0.372 e. The number of methoxy groups -OCH3 is 1. The van der Waals surface area contributed by atoms with Crippen molar-refractivity contribution in [2.75, 3.05) is 11.8 Å². The van der Waals surface area contributed by atoms with Gasteiger partial charge in [0.1, 0.15) is 6.10 Å². The number of halogens is 1. The van der Waals surface area contributed by atoms with E-state index in [1.54, 1.807) is 19.5 Å². The molecule has 11 heteroatoms. The predicted octanol–water partition coefficient (Wildman–Crippen LogP) is 4.70. The molecule has 1 aliphatic carbocycles. The third-order valence-electron chi connectivity index (χ3n) is 5.11. The molecular weight excluding hydrogens is 438 g/mol. The highest BCUT2D eigenvalue weighted by Gasteiger charge is 2.32. The van der Waals surface area contributed by atoms with Gasteiger partial charge in [0.15, 0.2) is 22.9 Å². The van der Waals surface area contributed by atoms with Crippen LogP contribution in [0.3, 0.4) is 0 Å². The van der Waals surface area contributed by atoms with Crippen LogP contribution in [0.4, 0.5) is 5.95 Å². The summed E-state index contributed by atoms with van der Waals surface area (Å²) < 4.78 is 16.6. The summed E-state index contributed by atoms with van der Waals surface area (Å²) in [5.41, 5.74) is 1.43. The van der Waals surface area contributed by atoms with Crippen LogP contribution in [0, 0.1) is 0 Å². The summed E-state index contributed by atoms with van der Waals surface area (Å²) in [5.74, 6) is 1.95. The van der Waals surface area contributed by atoms with Gasteiger partial charge in [-0.1, -0.05) is 28.9 Å². The van der Waals surface area contributed by atoms with Crippen molar-refractivity contribution in [2.45, 2.75) is 37.2 Å². The molecule has 2 unspecified atom stereocenters. The van der Waals surface area contributed by atoms with E-state index in [2.05, 4.69) is 34.6 Å². The molecule has 1 fully saturated rings. The number of anilines is 1. The van der Waals surface area contributed by atoms with Gasteiger partial charge in [0.25, 0.3) is 0 Å². The Morgan fingerprint density at radius 2 is 2.00 bits per heavy atom. The number of nitrogens with one attached hydrogen (secondary N) is 1. The van der Waals surface area contributed by atoms with Crippen molar-refractivity contribution in [3.05, 3.63) is 47.5 Å². The first kappa shape index (κ1) is 20.2. The number of ether oxygens (including phenoxy) is 1. The Bertz CT molecular complexity index is 1190. The van der Waals surface area contributed by atoms with Gasteiger partial charge in [-0.25, -0.2) is 9.97 Å². The molecule has 9 nitrogen and oxygen atoms in total. The fourth-order valence-electron chi connectivity index (χ4n) is 3.43. The van der Waals surface area contributed by atoms with Crippen molar-refractivity contribution in [3.63, 3.8) is 0 Å². The van der Waals surface area contributed by atoms with Gasteiger partial charge in [0.2, 0.25) is 5.95 Å². The van der Waals surface area contributed by atoms with Crippen molar-refractivity contribution < 1.29 is 9.26 Å². The van der Waals surface area contributed by atoms with Crippen LogP contribution in [0.5, 0.6) is 0 Å². The van der Waals surface area contributed by atoms with E-state index < -0.39 is 0 Å². The molecule has 0 spiro atoms. The molecule has 0 amide bonds. The molecule has 1 saturated carbocycles. The maximum Gasteiger partial charge on any atom is 0.235 e. The van der Waals surface area contributed by atoms with Gasteiger partial charge in [0.05, 0.1) is 15.7 Å². The van der Waals surface area contributed by atoms with E-state index in [1.165, 1.54) is 11.9 Å². The fraction of sp³-hybridized carbons (Fsp3) is 0.350. The highest BCUT2D eigenvalue weighted by atomic mass is 35.5. The first-order valence-electron chi connectivity index (χ1n) is 9.87. The molecule has 4 aromatic rings. The first-order valence-corrected chi connectivity index (χ1v) is 11.1. The Balaban J connectivity index is 1.38. The SMILES string of the molecule is COC(c1ncc(Cl)cn1)C(C)SNc1nnc(-c2noc3ccccc23)n1C1CC1. The quantitative estimate of drug-likeness (QED) is 0.377. The Morgan fingerprint density at radius 1 is 1.23 bits per heavy atom. The Labute approximate surface area is 187 Å². The lowest BCUT2D eigenvalue weighted by Gasteiger charge is -2.21.